The molecule has 0 amide bonds. The first-order chi connectivity index (χ1) is 12.6. The molecule has 0 bridgehead atoms. The molecule has 1 aliphatic rings. The lowest BCUT2D eigenvalue weighted by Gasteiger charge is -2.15. The lowest BCUT2D eigenvalue weighted by Crippen LogP contribution is -2.09. The lowest BCUT2D eigenvalue weighted by atomic mass is 9.88. The van der Waals surface area contributed by atoms with Gasteiger partial charge in [-0.2, -0.15) is 0 Å². The molecule has 26 heavy (non-hydrogen) atoms. The number of nitrogens with zero attached hydrogens (tertiary/aromatic N) is 1. The highest BCUT2D eigenvalue weighted by molar-refractivity contribution is 6.12. The van der Waals surface area contributed by atoms with Gasteiger partial charge in [0.05, 0.1) is 0 Å². The fraction of sp³-hybridized carbons (Fsp3) is 0.125. The van der Waals surface area contributed by atoms with Gasteiger partial charge in [0.2, 0.25) is 0 Å². The topological polar surface area (TPSA) is 20.3 Å². The van der Waals surface area contributed by atoms with E-state index in [9.17, 15) is 4.79 Å². The number of allylic oxidation sites excluding steroid dienone is 3. The standard InChI is InChI=1S/C24H21NO/c1-25(2)21-13-12-20(14-21)22-15-18-10-6-7-11-19(18)16-23(22)24(26)17-8-4-3-5-9-17/h3-16,20H,1-2H3. The predicted octanol–water partition coefficient (Wildman–Crippen LogP) is 5.17. The van der Waals surface area contributed by atoms with E-state index in [4.69, 9.17) is 0 Å². The summed E-state index contributed by atoms with van der Waals surface area (Å²) >= 11 is 0. The van der Waals surface area contributed by atoms with Crippen LogP contribution in [-0.4, -0.2) is 24.8 Å². The van der Waals surface area contributed by atoms with Crippen LogP contribution in [0.3, 0.4) is 0 Å². The molecule has 2 nitrogen and oxygen atoms in total. The third-order valence-corrected chi connectivity index (χ3v) is 4.90. The molecule has 0 heterocycles. The van der Waals surface area contributed by atoms with Crippen molar-refractivity contribution in [3.8, 4) is 0 Å². The van der Waals surface area contributed by atoms with Crippen LogP contribution in [-0.2, 0) is 0 Å². The first-order valence-corrected chi connectivity index (χ1v) is 8.83. The zero-order valence-electron chi connectivity index (χ0n) is 15.0. The van der Waals surface area contributed by atoms with Crippen molar-refractivity contribution in [1.29, 1.82) is 0 Å². The van der Waals surface area contributed by atoms with Crippen LogP contribution < -0.4 is 0 Å². The van der Waals surface area contributed by atoms with Gasteiger partial charge in [-0.1, -0.05) is 60.7 Å². The Bertz CT molecular complexity index is 1030. The van der Waals surface area contributed by atoms with Crippen LogP contribution in [0.5, 0.6) is 0 Å². The van der Waals surface area contributed by atoms with Crippen LogP contribution in [0.25, 0.3) is 10.8 Å². The van der Waals surface area contributed by atoms with Crippen molar-refractivity contribution in [3.63, 3.8) is 0 Å². The Morgan fingerprint density at radius 3 is 2.19 bits per heavy atom. The molecule has 4 rings (SSSR count). The fourth-order valence-corrected chi connectivity index (χ4v) is 3.46. The van der Waals surface area contributed by atoms with Gasteiger partial charge in [0.1, 0.15) is 0 Å². The van der Waals surface area contributed by atoms with E-state index in [1.165, 1.54) is 5.70 Å². The summed E-state index contributed by atoms with van der Waals surface area (Å²) in [5.41, 5.74) is 3.73. The second-order valence-corrected chi connectivity index (χ2v) is 6.85. The number of hydrogen-bond donors (Lipinski definition) is 0. The van der Waals surface area contributed by atoms with Gasteiger partial charge in [-0.05, 0) is 40.6 Å². The van der Waals surface area contributed by atoms with Crippen molar-refractivity contribution >= 4 is 16.6 Å². The molecule has 0 radical (unpaired) electrons. The number of likely N-dealkylation sites (N-methyl/N-ethyl adjacent to an activating group) is 1. The average Bonchev–Trinajstić information content (AvgIpc) is 3.17. The van der Waals surface area contributed by atoms with Crippen LogP contribution in [0.2, 0.25) is 0 Å². The molecule has 1 aliphatic carbocycles. The summed E-state index contributed by atoms with van der Waals surface area (Å²) in [5, 5.41) is 2.25. The Balaban J connectivity index is 1.88. The van der Waals surface area contributed by atoms with Gasteiger partial charge in [-0.15, -0.1) is 0 Å². The molecule has 3 aromatic rings. The number of benzene rings is 3. The number of carbonyl (C=O) groups is 1. The predicted molar refractivity (Wildman–Crippen MR) is 107 cm³/mol. The van der Waals surface area contributed by atoms with E-state index in [0.717, 1.165) is 27.5 Å². The molecule has 1 unspecified atom stereocenters. The molecule has 0 saturated carbocycles. The number of hydrogen-bond acceptors (Lipinski definition) is 2. The Morgan fingerprint density at radius 2 is 1.54 bits per heavy atom. The zero-order chi connectivity index (χ0) is 18.1. The number of ketones is 1. The summed E-state index contributed by atoms with van der Waals surface area (Å²) in [6.45, 7) is 0. The summed E-state index contributed by atoms with van der Waals surface area (Å²) < 4.78 is 0. The first-order valence-electron chi connectivity index (χ1n) is 8.83. The largest absolute Gasteiger partial charge is 0.378 e. The van der Waals surface area contributed by atoms with Crippen LogP contribution in [0.4, 0.5) is 0 Å². The van der Waals surface area contributed by atoms with Gasteiger partial charge in [0, 0.05) is 36.8 Å². The summed E-state index contributed by atoms with van der Waals surface area (Å²) in [4.78, 5) is 15.3. The van der Waals surface area contributed by atoms with Gasteiger partial charge < -0.3 is 4.90 Å². The quantitative estimate of drug-likeness (QED) is 0.611. The van der Waals surface area contributed by atoms with E-state index >= 15 is 0 Å². The smallest absolute Gasteiger partial charge is 0.193 e. The first kappa shape index (κ1) is 16.3. The van der Waals surface area contributed by atoms with Gasteiger partial charge in [-0.25, -0.2) is 0 Å². The maximum absolute atomic E-state index is 13.2. The number of rotatable bonds is 4. The molecule has 0 aromatic heterocycles. The number of fused-ring (bicyclic) bond motifs is 1. The minimum absolute atomic E-state index is 0.0754. The van der Waals surface area contributed by atoms with Gasteiger partial charge in [-0.3, -0.25) is 4.79 Å². The second-order valence-electron chi connectivity index (χ2n) is 6.85. The van der Waals surface area contributed by atoms with Crippen molar-refractivity contribution in [3.05, 3.63) is 107 Å². The SMILES string of the molecule is CN(C)C1=CC(c2cc3ccccc3cc2C(=O)c2ccccc2)C=C1. The van der Waals surface area contributed by atoms with Crippen LogP contribution >= 0.6 is 0 Å². The normalized spacial score (nSPS) is 15.9. The van der Waals surface area contributed by atoms with Crippen molar-refractivity contribution in [2.24, 2.45) is 0 Å². The van der Waals surface area contributed by atoms with Gasteiger partial charge in [0.15, 0.2) is 5.78 Å². The van der Waals surface area contributed by atoms with Crippen molar-refractivity contribution in [2.75, 3.05) is 14.1 Å². The van der Waals surface area contributed by atoms with E-state index in [0.29, 0.717) is 0 Å². The maximum atomic E-state index is 13.2. The molecule has 0 fully saturated rings. The van der Waals surface area contributed by atoms with E-state index in [1.54, 1.807) is 0 Å². The second kappa shape index (κ2) is 6.64. The Morgan fingerprint density at radius 1 is 0.885 bits per heavy atom. The third kappa shape index (κ3) is 2.95. The van der Waals surface area contributed by atoms with Crippen LogP contribution in [0.15, 0.2) is 90.7 Å². The highest BCUT2D eigenvalue weighted by atomic mass is 16.1. The molecule has 0 spiro atoms. The van der Waals surface area contributed by atoms with Gasteiger partial charge in [0.25, 0.3) is 0 Å². The Kier molecular flexibility index (Phi) is 4.18. The van der Waals surface area contributed by atoms with Crippen molar-refractivity contribution in [1.82, 2.24) is 4.90 Å². The average molecular weight is 339 g/mol. The fourth-order valence-electron chi connectivity index (χ4n) is 3.46. The third-order valence-electron chi connectivity index (χ3n) is 4.90. The summed E-state index contributed by atoms with van der Waals surface area (Å²) in [6.07, 6.45) is 6.50. The number of carbonyl (C=O) groups excluding carboxylic acids is 1. The Hall–Kier alpha value is -3.13. The van der Waals surface area contributed by atoms with Crippen LogP contribution in [0, 0.1) is 0 Å². The molecule has 0 saturated heterocycles. The van der Waals surface area contributed by atoms with E-state index in [2.05, 4.69) is 41.3 Å². The van der Waals surface area contributed by atoms with Crippen molar-refractivity contribution < 1.29 is 4.79 Å². The molecule has 3 aromatic carbocycles. The minimum atomic E-state index is 0.0754. The van der Waals surface area contributed by atoms with Gasteiger partial charge >= 0.3 is 0 Å². The summed E-state index contributed by atoms with van der Waals surface area (Å²) in [5.74, 6) is 0.186. The molecular weight excluding hydrogens is 318 g/mol. The molecule has 128 valence electrons. The lowest BCUT2D eigenvalue weighted by molar-refractivity contribution is 0.103. The zero-order valence-corrected chi connectivity index (χ0v) is 15.0. The monoisotopic (exact) mass is 339 g/mol. The highest BCUT2D eigenvalue weighted by Crippen LogP contribution is 2.33. The maximum Gasteiger partial charge on any atom is 0.193 e. The molecule has 0 aliphatic heterocycles. The molecule has 2 heteroatoms. The van der Waals surface area contributed by atoms with Crippen molar-refractivity contribution in [2.45, 2.75) is 5.92 Å². The molecular formula is C24H21NO. The van der Waals surface area contributed by atoms with E-state index in [-0.39, 0.29) is 11.7 Å². The molecule has 1 atom stereocenters. The van der Waals surface area contributed by atoms with E-state index < -0.39 is 0 Å². The highest BCUT2D eigenvalue weighted by Gasteiger charge is 2.21. The van der Waals surface area contributed by atoms with Crippen LogP contribution in [0.1, 0.15) is 27.4 Å². The van der Waals surface area contributed by atoms with E-state index in [1.807, 2.05) is 62.6 Å². The summed E-state index contributed by atoms with van der Waals surface area (Å²) in [6, 6.07) is 21.9. The minimum Gasteiger partial charge on any atom is -0.378 e. The summed E-state index contributed by atoms with van der Waals surface area (Å²) in [7, 11) is 4.07. The Labute approximate surface area is 154 Å². The molecule has 0 N–H and O–H groups in total.